The molecule has 1 heterocycles. The van der Waals surface area contributed by atoms with Gasteiger partial charge in [-0.2, -0.15) is 5.70 Å². The van der Waals surface area contributed by atoms with E-state index in [9.17, 15) is 4.79 Å². The Morgan fingerprint density at radius 3 is 2.32 bits per heavy atom. The van der Waals surface area contributed by atoms with E-state index in [1.165, 1.54) is 65.0 Å². The fourth-order valence-corrected chi connectivity index (χ4v) is 7.44. The van der Waals surface area contributed by atoms with Gasteiger partial charge in [0.15, 0.2) is 5.78 Å². The topological polar surface area (TPSA) is 57.0 Å². The Morgan fingerprint density at radius 1 is 0.936 bits per heavy atom. The van der Waals surface area contributed by atoms with E-state index >= 15 is 0 Å². The second kappa shape index (κ2) is 14.2. The second-order valence-electron chi connectivity index (χ2n) is 13.8. The van der Waals surface area contributed by atoms with Gasteiger partial charge in [-0.3, -0.25) is 9.78 Å². The minimum Gasteiger partial charge on any atom is -0.685 e. The van der Waals surface area contributed by atoms with Crippen LogP contribution in [-0.4, -0.2) is 21.8 Å². The number of aryl methyl sites for hydroxylation is 1. The Kier molecular flexibility index (Phi) is 10.5. The number of nitrogens with zero attached hydrogens (tertiary/aromatic N) is 3. The van der Waals surface area contributed by atoms with Crippen LogP contribution in [0.3, 0.4) is 0 Å². The van der Waals surface area contributed by atoms with Crippen LogP contribution in [0.2, 0.25) is 0 Å². The van der Waals surface area contributed by atoms with Gasteiger partial charge in [0.1, 0.15) is 5.82 Å². The fraction of sp³-hybridized carbons (Fsp3) is 0.357. The van der Waals surface area contributed by atoms with Crippen molar-refractivity contribution in [1.29, 1.82) is 0 Å². The summed E-state index contributed by atoms with van der Waals surface area (Å²) in [5.41, 5.74) is 8.93. The molecule has 0 saturated heterocycles. The second-order valence-corrected chi connectivity index (χ2v) is 13.8. The molecule has 7 rings (SSSR count). The third-order valence-electron chi connectivity index (χ3n) is 9.49. The van der Waals surface area contributed by atoms with Crippen molar-refractivity contribution < 1.29 is 24.9 Å². The molecule has 4 aromatic carbocycles. The molecule has 0 spiro atoms. The molecule has 47 heavy (non-hydrogen) atoms. The van der Waals surface area contributed by atoms with Crippen LogP contribution in [0.25, 0.3) is 49.2 Å². The van der Waals surface area contributed by atoms with Crippen molar-refractivity contribution in [3.05, 3.63) is 113 Å². The van der Waals surface area contributed by atoms with Gasteiger partial charge in [-0.1, -0.05) is 132 Å². The van der Waals surface area contributed by atoms with E-state index in [1.54, 1.807) is 13.0 Å². The van der Waals surface area contributed by atoms with E-state index in [4.69, 9.17) is 9.97 Å². The van der Waals surface area contributed by atoms with E-state index in [0.717, 1.165) is 39.4 Å². The van der Waals surface area contributed by atoms with Crippen molar-refractivity contribution in [2.75, 3.05) is 0 Å². The van der Waals surface area contributed by atoms with Crippen molar-refractivity contribution in [1.82, 2.24) is 9.97 Å². The third kappa shape index (κ3) is 6.98. The molecule has 0 atom stereocenters. The molecule has 5 heteroatoms. The van der Waals surface area contributed by atoms with E-state index in [-0.39, 0.29) is 31.3 Å². The Bertz CT molecular complexity index is 1970. The first-order valence-electron chi connectivity index (χ1n) is 16.8. The van der Waals surface area contributed by atoms with Crippen molar-refractivity contribution in [2.24, 2.45) is 0 Å². The van der Waals surface area contributed by atoms with Crippen molar-refractivity contribution in [3.8, 4) is 22.4 Å². The fourth-order valence-electron chi connectivity index (χ4n) is 7.44. The van der Waals surface area contributed by atoms with Crippen LogP contribution in [-0.2, 0) is 30.3 Å². The van der Waals surface area contributed by atoms with Gasteiger partial charge in [0.05, 0.1) is 5.69 Å². The predicted molar refractivity (Wildman–Crippen MR) is 192 cm³/mol. The maximum Gasteiger partial charge on any atom is 0.151 e. The summed E-state index contributed by atoms with van der Waals surface area (Å²) in [6.07, 6.45) is 7.95. The maximum absolute atomic E-state index is 10.8. The molecule has 0 aliphatic heterocycles. The standard InChI is InChI=1S/C31H27N2.C11H19NO.Ir/c1-18(2)26-17-22(16-21-11-7-8-12-23(21)26)29-27-25-15-14-20-10-6-9-13-24(20)28(25)31(4,5)30(27)33-19(3)32-29;1-9(8-10(2)13)12-11-6-4-3-5-7-11;/h6-15,17-18H,1-5H3;8,11H,3-7H2,1-2H3,(H,12,13);/q-1;;/p-1. The molecule has 0 bridgehead atoms. The number of fused-ring (bicyclic) bond motifs is 6. The van der Waals surface area contributed by atoms with Crippen LogP contribution in [0, 0.1) is 13.0 Å². The molecule has 0 amide bonds. The van der Waals surface area contributed by atoms with Crippen LogP contribution in [0.15, 0.2) is 78.5 Å². The molecular weight excluding hydrogens is 755 g/mol. The minimum atomic E-state index is -0.203. The van der Waals surface area contributed by atoms with E-state index in [1.807, 2.05) is 13.8 Å². The van der Waals surface area contributed by atoms with Crippen LogP contribution in [0.5, 0.6) is 0 Å². The Morgan fingerprint density at radius 2 is 1.62 bits per heavy atom. The average Bonchev–Trinajstić information content (AvgIpc) is 3.26. The molecule has 2 aliphatic carbocycles. The van der Waals surface area contributed by atoms with Crippen molar-refractivity contribution >= 4 is 27.3 Å². The molecule has 4 nitrogen and oxygen atoms in total. The predicted octanol–water partition coefficient (Wildman–Crippen LogP) is 11.2. The molecule has 245 valence electrons. The van der Waals surface area contributed by atoms with Gasteiger partial charge in [0.25, 0.3) is 0 Å². The average molecular weight is 800 g/mol. The van der Waals surface area contributed by atoms with Crippen molar-refractivity contribution in [2.45, 2.75) is 97.9 Å². The van der Waals surface area contributed by atoms with Gasteiger partial charge >= 0.3 is 0 Å². The number of hydrogen-bond donors (Lipinski definition) is 0. The number of allylic oxidation sites excluding steroid dienone is 2. The monoisotopic (exact) mass is 800 g/mol. The molecule has 2 aliphatic rings. The summed E-state index contributed by atoms with van der Waals surface area (Å²) >= 11 is 0. The number of benzene rings is 4. The van der Waals surface area contributed by atoms with Crippen LogP contribution in [0.4, 0.5) is 0 Å². The number of ketones is 1. The quantitative estimate of drug-likeness (QED) is 0.131. The molecule has 1 radical (unpaired) electrons. The first-order chi connectivity index (χ1) is 22.0. The van der Waals surface area contributed by atoms with Gasteiger partial charge in [0.2, 0.25) is 0 Å². The number of aromatic nitrogens is 2. The van der Waals surface area contributed by atoms with Gasteiger partial charge < -0.3 is 5.32 Å². The molecule has 0 unspecified atom stereocenters. The van der Waals surface area contributed by atoms with E-state index in [2.05, 4.69) is 106 Å². The summed E-state index contributed by atoms with van der Waals surface area (Å²) < 4.78 is 0. The number of rotatable bonds is 5. The third-order valence-corrected chi connectivity index (χ3v) is 9.49. The zero-order valence-corrected chi connectivity index (χ0v) is 31.1. The van der Waals surface area contributed by atoms with E-state index < -0.39 is 0 Å². The van der Waals surface area contributed by atoms with Crippen LogP contribution < -0.4 is 0 Å². The Balaban J connectivity index is 0.000000263. The van der Waals surface area contributed by atoms with E-state index in [0.29, 0.717) is 12.0 Å². The molecule has 1 aromatic heterocycles. The summed E-state index contributed by atoms with van der Waals surface area (Å²) in [7, 11) is 0. The number of carbonyl (C=O) groups excluding carboxylic acids is 1. The first kappa shape index (κ1) is 34.7. The van der Waals surface area contributed by atoms with Crippen LogP contribution >= 0.6 is 0 Å². The normalized spacial score (nSPS) is 15.4. The van der Waals surface area contributed by atoms with Crippen molar-refractivity contribution in [3.63, 3.8) is 0 Å². The molecule has 1 fully saturated rings. The largest absolute Gasteiger partial charge is 0.685 e. The SMILES string of the molecule is CC(=O)/C=C(/C)[N-]C1CCCCC1.Cc1nc(-c2[c-]c3ccccc3c(C(C)C)c2)c2c(n1)C(C)(C)c1c-2ccc2ccccc12.[Ir]. The molecular formula is C42H45IrN3O-2. The first-order valence-corrected chi connectivity index (χ1v) is 16.8. The smallest absolute Gasteiger partial charge is 0.151 e. The summed E-state index contributed by atoms with van der Waals surface area (Å²) in [5, 5.41) is 9.49. The van der Waals surface area contributed by atoms with Gasteiger partial charge in [-0.25, -0.2) is 4.98 Å². The summed E-state index contributed by atoms with van der Waals surface area (Å²) in [5.74, 6) is 1.31. The maximum atomic E-state index is 10.8. The zero-order chi connectivity index (χ0) is 32.6. The number of hydrogen-bond acceptors (Lipinski definition) is 3. The van der Waals surface area contributed by atoms with Gasteiger partial charge in [-0.15, -0.1) is 35.2 Å². The van der Waals surface area contributed by atoms with Crippen LogP contribution in [0.1, 0.15) is 102 Å². The molecule has 5 aromatic rings. The Hall–Kier alpha value is -3.66. The van der Waals surface area contributed by atoms with Gasteiger partial charge in [0, 0.05) is 31.2 Å². The number of carbonyl (C=O) groups is 1. The summed E-state index contributed by atoms with van der Waals surface area (Å²) in [4.78, 5) is 20.8. The molecule has 1 saturated carbocycles. The summed E-state index contributed by atoms with van der Waals surface area (Å²) in [6.45, 7) is 14.6. The van der Waals surface area contributed by atoms with Gasteiger partial charge in [-0.05, 0) is 53.3 Å². The zero-order valence-electron chi connectivity index (χ0n) is 28.7. The minimum absolute atomic E-state index is 0. The summed E-state index contributed by atoms with van der Waals surface area (Å²) in [6, 6.07) is 28.2. The molecule has 0 N–H and O–H groups in total. The Labute approximate surface area is 293 Å².